The number of fused-ring (bicyclic) bond motifs is 1. The first-order chi connectivity index (χ1) is 14.2. The summed E-state index contributed by atoms with van der Waals surface area (Å²) in [6, 6.07) is 11.6. The Morgan fingerprint density at radius 2 is 1.76 bits per heavy atom. The van der Waals surface area contributed by atoms with Gasteiger partial charge in [-0.2, -0.15) is 0 Å². The molecule has 1 aliphatic heterocycles. The molecule has 1 amide bonds. The molecule has 6 heteroatoms. The number of aromatic nitrogens is 2. The molecule has 6 nitrogen and oxygen atoms in total. The SMILES string of the molecule is COc1ccc(Nc2c(C(=O)N3CCCCCC3)cnc3nc(C)ccc23)cc1. The van der Waals surface area contributed by atoms with Crippen LogP contribution in [0.3, 0.4) is 0 Å². The molecule has 0 aliphatic carbocycles. The van der Waals surface area contributed by atoms with Crippen LogP contribution in [0.1, 0.15) is 41.7 Å². The standard InChI is InChI=1S/C23H26N4O2/c1-16-7-12-19-21(26-17-8-10-18(29-2)11-9-17)20(15-24-22(19)25-16)23(28)27-13-5-3-4-6-14-27/h7-12,15H,3-6,13-14H2,1-2H3,(H,24,25,26). The first kappa shape index (κ1) is 19.2. The molecule has 0 saturated carbocycles. The second kappa shape index (κ2) is 8.47. The zero-order valence-electron chi connectivity index (χ0n) is 16.9. The number of carbonyl (C=O) groups is 1. The van der Waals surface area contributed by atoms with E-state index < -0.39 is 0 Å². The summed E-state index contributed by atoms with van der Waals surface area (Å²) in [7, 11) is 1.64. The van der Waals surface area contributed by atoms with Crippen LogP contribution in [0.5, 0.6) is 5.75 Å². The Hall–Kier alpha value is -3.15. The summed E-state index contributed by atoms with van der Waals surface area (Å²) in [5.74, 6) is 0.811. The highest BCUT2D eigenvalue weighted by Gasteiger charge is 2.22. The maximum absolute atomic E-state index is 13.4. The molecule has 1 aliphatic rings. The van der Waals surface area contributed by atoms with Crippen LogP contribution < -0.4 is 10.1 Å². The molecule has 1 saturated heterocycles. The van der Waals surface area contributed by atoms with Crippen molar-refractivity contribution in [3.63, 3.8) is 0 Å². The quantitative estimate of drug-likeness (QED) is 0.699. The summed E-state index contributed by atoms with van der Waals surface area (Å²) < 4.78 is 5.25. The number of likely N-dealkylation sites (tertiary alicyclic amines) is 1. The number of carbonyl (C=O) groups excluding carboxylic acids is 1. The van der Waals surface area contributed by atoms with Gasteiger partial charge in [0.05, 0.1) is 18.4 Å². The van der Waals surface area contributed by atoms with E-state index in [1.54, 1.807) is 13.3 Å². The summed E-state index contributed by atoms with van der Waals surface area (Å²) in [5, 5.41) is 4.28. The van der Waals surface area contributed by atoms with Gasteiger partial charge in [-0.25, -0.2) is 9.97 Å². The second-order valence-corrected chi connectivity index (χ2v) is 7.43. The van der Waals surface area contributed by atoms with Crippen LogP contribution in [-0.4, -0.2) is 41.0 Å². The van der Waals surface area contributed by atoms with Crippen molar-refractivity contribution in [2.75, 3.05) is 25.5 Å². The van der Waals surface area contributed by atoms with Gasteiger partial charge in [0.1, 0.15) is 5.75 Å². The van der Waals surface area contributed by atoms with E-state index in [-0.39, 0.29) is 5.91 Å². The molecule has 4 rings (SSSR count). The number of methoxy groups -OCH3 is 1. The third-order valence-electron chi connectivity index (χ3n) is 5.35. The molecular weight excluding hydrogens is 364 g/mol. The third kappa shape index (κ3) is 4.16. The summed E-state index contributed by atoms with van der Waals surface area (Å²) in [5.41, 5.74) is 3.74. The topological polar surface area (TPSA) is 67.3 Å². The molecular formula is C23H26N4O2. The number of hydrogen-bond donors (Lipinski definition) is 1. The number of aryl methyl sites for hydroxylation is 1. The number of rotatable bonds is 4. The highest BCUT2D eigenvalue weighted by atomic mass is 16.5. The molecule has 3 heterocycles. The monoisotopic (exact) mass is 390 g/mol. The Bertz CT molecular complexity index is 1010. The molecule has 3 aromatic rings. The second-order valence-electron chi connectivity index (χ2n) is 7.43. The van der Waals surface area contributed by atoms with Gasteiger partial charge in [0.2, 0.25) is 0 Å². The van der Waals surface area contributed by atoms with E-state index in [4.69, 9.17) is 4.74 Å². The molecule has 1 N–H and O–H groups in total. The van der Waals surface area contributed by atoms with Gasteiger partial charge in [-0.1, -0.05) is 12.8 Å². The van der Waals surface area contributed by atoms with Gasteiger partial charge in [0, 0.05) is 36.1 Å². The molecule has 0 bridgehead atoms. The largest absolute Gasteiger partial charge is 0.497 e. The number of nitrogens with one attached hydrogen (secondary N) is 1. The number of benzene rings is 1. The summed E-state index contributed by atoms with van der Waals surface area (Å²) in [6.07, 6.45) is 6.12. The Kier molecular flexibility index (Phi) is 5.60. The van der Waals surface area contributed by atoms with Crippen LogP contribution in [0.2, 0.25) is 0 Å². The van der Waals surface area contributed by atoms with Gasteiger partial charge in [-0.05, 0) is 56.2 Å². The van der Waals surface area contributed by atoms with Crippen LogP contribution >= 0.6 is 0 Å². The van der Waals surface area contributed by atoms with E-state index in [1.807, 2.05) is 48.2 Å². The molecule has 0 spiro atoms. The Labute approximate surface area is 170 Å². The van der Waals surface area contributed by atoms with E-state index >= 15 is 0 Å². The van der Waals surface area contributed by atoms with Crippen molar-refractivity contribution in [3.05, 3.63) is 53.9 Å². The maximum Gasteiger partial charge on any atom is 0.257 e. The van der Waals surface area contributed by atoms with Gasteiger partial charge < -0.3 is 15.0 Å². The van der Waals surface area contributed by atoms with Crippen molar-refractivity contribution in [2.24, 2.45) is 0 Å². The van der Waals surface area contributed by atoms with Gasteiger partial charge in [0.25, 0.3) is 5.91 Å². The van der Waals surface area contributed by atoms with Crippen LogP contribution in [0.25, 0.3) is 11.0 Å². The fourth-order valence-corrected chi connectivity index (χ4v) is 3.73. The smallest absolute Gasteiger partial charge is 0.257 e. The van der Waals surface area contributed by atoms with Crippen molar-refractivity contribution in [1.82, 2.24) is 14.9 Å². The predicted octanol–water partition coefficient (Wildman–Crippen LogP) is 4.71. The Morgan fingerprint density at radius 1 is 1.03 bits per heavy atom. The van der Waals surface area contributed by atoms with Gasteiger partial charge in [-0.15, -0.1) is 0 Å². The molecule has 1 aromatic carbocycles. The van der Waals surface area contributed by atoms with Gasteiger partial charge in [-0.3, -0.25) is 4.79 Å². The molecule has 150 valence electrons. The lowest BCUT2D eigenvalue weighted by Crippen LogP contribution is -2.32. The Balaban J connectivity index is 1.77. The first-order valence-electron chi connectivity index (χ1n) is 10.1. The average molecular weight is 390 g/mol. The molecule has 29 heavy (non-hydrogen) atoms. The molecule has 0 unspecified atom stereocenters. The van der Waals surface area contributed by atoms with Crippen LogP contribution in [0.15, 0.2) is 42.6 Å². The lowest BCUT2D eigenvalue weighted by molar-refractivity contribution is 0.0762. The fourth-order valence-electron chi connectivity index (χ4n) is 3.73. The average Bonchev–Trinajstić information content (AvgIpc) is 3.03. The summed E-state index contributed by atoms with van der Waals surface area (Å²) in [4.78, 5) is 24.4. The number of ether oxygens (including phenoxy) is 1. The predicted molar refractivity (Wildman–Crippen MR) is 115 cm³/mol. The van der Waals surface area contributed by atoms with Crippen molar-refractivity contribution in [1.29, 1.82) is 0 Å². The zero-order chi connectivity index (χ0) is 20.2. The van der Waals surface area contributed by atoms with E-state index in [0.29, 0.717) is 11.2 Å². The van der Waals surface area contributed by atoms with Crippen LogP contribution in [-0.2, 0) is 0 Å². The molecule has 0 radical (unpaired) electrons. The van der Waals surface area contributed by atoms with Gasteiger partial charge in [0.15, 0.2) is 5.65 Å². The molecule has 0 atom stereocenters. The fraction of sp³-hybridized carbons (Fsp3) is 0.348. The number of hydrogen-bond acceptors (Lipinski definition) is 5. The highest BCUT2D eigenvalue weighted by molar-refractivity contribution is 6.07. The minimum absolute atomic E-state index is 0.0258. The highest BCUT2D eigenvalue weighted by Crippen LogP contribution is 2.30. The Morgan fingerprint density at radius 3 is 2.45 bits per heavy atom. The zero-order valence-corrected chi connectivity index (χ0v) is 16.9. The van der Waals surface area contributed by atoms with E-state index in [2.05, 4.69) is 15.3 Å². The minimum atomic E-state index is 0.0258. The lowest BCUT2D eigenvalue weighted by atomic mass is 10.1. The first-order valence-corrected chi connectivity index (χ1v) is 10.1. The van der Waals surface area contributed by atoms with E-state index in [0.717, 1.165) is 54.1 Å². The van der Waals surface area contributed by atoms with Crippen molar-refractivity contribution in [3.8, 4) is 5.75 Å². The molecule has 1 fully saturated rings. The van der Waals surface area contributed by atoms with Crippen molar-refractivity contribution < 1.29 is 9.53 Å². The summed E-state index contributed by atoms with van der Waals surface area (Å²) in [6.45, 7) is 3.53. The number of amides is 1. The van der Waals surface area contributed by atoms with E-state index in [9.17, 15) is 4.79 Å². The third-order valence-corrected chi connectivity index (χ3v) is 5.35. The number of anilines is 2. The normalized spacial score (nSPS) is 14.5. The van der Waals surface area contributed by atoms with Crippen molar-refractivity contribution in [2.45, 2.75) is 32.6 Å². The van der Waals surface area contributed by atoms with Crippen LogP contribution in [0.4, 0.5) is 11.4 Å². The minimum Gasteiger partial charge on any atom is -0.497 e. The summed E-state index contributed by atoms with van der Waals surface area (Å²) >= 11 is 0. The lowest BCUT2D eigenvalue weighted by Gasteiger charge is -2.22. The van der Waals surface area contributed by atoms with E-state index in [1.165, 1.54) is 12.8 Å². The molecule has 2 aromatic heterocycles. The number of nitrogens with zero attached hydrogens (tertiary/aromatic N) is 3. The number of pyridine rings is 2. The van der Waals surface area contributed by atoms with Crippen LogP contribution in [0, 0.1) is 6.92 Å². The maximum atomic E-state index is 13.4. The van der Waals surface area contributed by atoms with Crippen molar-refractivity contribution >= 4 is 28.3 Å². The van der Waals surface area contributed by atoms with Gasteiger partial charge >= 0.3 is 0 Å².